The van der Waals surface area contributed by atoms with Crippen LogP contribution in [-0.2, 0) is 19.5 Å². The van der Waals surface area contributed by atoms with E-state index >= 15 is 0 Å². The van der Waals surface area contributed by atoms with Crippen molar-refractivity contribution >= 4 is 11.0 Å². The van der Waals surface area contributed by atoms with Crippen LogP contribution in [0.25, 0.3) is 11.0 Å². The summed E-state index contributed by atoms with van der Waals surface area (Å²) in [6.07, 6.45) is 2.10. The Hall–Kier alpha value is -2.13. The van der Waals surface area contributed by atoms with Crippen molar-refractivity contribution in [2.75, 3.05) is 0 Å². The Labute approximate surface area is 125 Å². The van der Waals surface area contributed by atoms with Crippen LogP contribution < -0.4 is 5.73 Å². The van der Waals surface area contributed by atoms with E-state index in [0.717, 1.165) is 30.7 Å². The van der Waals surface area contributed by atoms with Gasteiger partial charge in [0, 0.05) is 19.5 Å². The molecule has 0 aliphatic rings. The Kier molecular flexibility index (Phi) is 4.02. The van der Waals surface area contributed by atoms with Crippen molar-refractivity contribution in [3.63, 3.8) is 0 Å². The molecule has 0 spiro atoms. The maximum atomic E-state index is 5.86. The molecule has 0 aliphatic carbocycles. The van der Waals surface area contributed by atoms with E-state index in [4.69, 9.17) is 10.7 Å². The molecule has 0 atom stereocenters. The summed E-state index contributed by atoms with van der Waals surface area (Å²) in [6, 6.07) is 16.7. The first kappa shape index (κ1) is 13.8. The number of imidazole rings is 1. The number of benzene rings is 2. The molecule has 0 saturated heterocycles. The van der Waals surface area contributed by atoms with Gasteiger partial charge in [-0.3, -0.25) is 0 Å². The molecule has 3 rings (SSSR count). The van der Waals surface area contributed by atoms with Gasteiger partial charge in [0.25, 0.3) is 0 Å². The number of nitrogens with two attached hydrogens (primary N) is 1. The van der Waals surface area contributed by atoms with E-state index in [1.54, 1.807) is 0 Å². The molecule has 108 valence electrons. The van der Waals surface area contributed by atoms with Crippen molar-refractivity contribution in [3.05, 3.63) is 65.5 Å². The van der Waals surface area contributed by atoms with Gasteiger partial charge >= 0.3 is 0 Å². The Morgan fingerprint density at radius 1 is 1.00 bits per heavy atom. The molecular weight excluding hydrogens is 258 g/mol. The molecule has 0 saturated carbocycles. The van der Waals surface area contributed by atoms with E-state index in [2.05, 4.69) is 47.9 Å². The van der Waals surface area contributed by atoms with Crippen molar-refractivity contribution in [2.24, 2.45) is 5.73 Å². The van der Waals surface area contributed by atoms with Gasteiger partial charge in [-0.05, 0) is 29.7 Å². The van der Waals surface area contributed by atoms with E-state index in [1.165, 1.54) is 16.6 Å². The summed E-state index contributed by atoms with van der Waals surface area (Å²) in [5, 5.41) is 0. The molecule has 1 heterocycles. The van der Waals surface area contributed by atoms with Gasteiger partial charge in [-0.2, -0.15) is 0 Å². The highest BCUT2D eigenvalue weighted by Gasteiger charge is 2.11. The second-order valence-corrected chi connectivity index (χ2v) is 5.33. The largest absolute Gasteiger partial charge is 0.326 e. The maximum absolute atomic E-state index is 5.86. The quantitative estimate of drug-likeness (QED) is 0.777. The zero-order valence-electron chi connectivity index (χ0n) is 12.4. The third-order valence-corrected chi connectivity index (χ3v) is 3.87. The fraction of sp³-hybridized carbons (Fsp3) is 0.278. The number of hydrogen-bond donors (Lipinski definition) is 1. The lowest BCUT2D eigenvalue weighted by Gasteiger charge is -2.12. The summed E-state index contributed by atoms with van der Waals surface area (Å²) in [5.74, 6) is 1.16. The van der Waals surface area contributed by atoms with Gasteiger partial charge in [0.15, 0.2) is 0 Å². The molecule has 3 nitrogen and oxygen atoms in total. The average Bonchev–Trinajstić information content (AvgIpc) is 2.86. The fourth-order valence-corrected chi connectivity index (χ4v) is 2.80. The average molecular weight is 279 g/mol. The summed E-state index contributed by atoms with van der Waals surface area (Å²) >= 11 is 0. The summed E-state index contributed by atoms with van der Waals surface area (Å²) in [6.45, 7) is 3.60. The Bertz CT molecular complexity index is 743. The maximum Gasteiger partial charge on any atom is 0.110 e. The minimum Gasteiger partial charge on any atom is -0.326 e. The molecule has 2 N–H and O–H groups in total. The zero-order chi connectivity index (χ0) is 14.7. The highest BCUT2D eigenvalue weighted by atomic mass is 15.1. The van der Waals surface area contributed by atoms with Crippen molar-refractivity contribution < 1.29 is 0 Å². The van der Waals surface area contributed by atoms with Crippen LogP contribution in [0.2, 0.25) is 0 Å². The molecule has 0 bridgehead atoms. The summed E-state index contributed by atoms with van der Waals surface area (Å²) in [7, 11) is 0. The van der Waals surface area contributed by atoms with Crippen LogP contribution in [0.1, 0.15) is 30.3 Å². The van der Waals surface area contributed by atoms with Crippen LogP contribution in [0, 0.1) is 0 Å². The standard InChI is InChI=1S/C18H21N3/c1-2-7-18-20-16-10-5-6-11-17(16)21(18)13-15-9-4-3-8-14(15)12-19/h3-6,8-11H,2,7,12-13,19H2,1H3. The van der Waals surface area contributed by atoms with Crippen molar-refractivity contribution in [2.45, 2.75) is 32.9 Å². The molecule has 3 aromatic rings. The lowest BCUT2D eigenvalue weighted by molar-refractivity contribution is 0.716. The number of fused-ring (bicyclic) bond motifs is 1. The van der Waals surface area contributed by atoms with Gasteiger partial charge in [-0.25, -0.2) is 4.98 Å². The van der Waals surface area contributed by atoms with E-state index in [1.807, 2.05) is 12.1 Å². The Morgan fingerprint density at radius 3 is 2.48 bits per heavy atom. The van der Waals surface area contributed by atoms with Crippen LogP contribution in [0.4, 0.5) is 0 Å². The minimum atomic E-state index is 0.575. The first-order valence-corrected chi connectivity index (χ1v) is 7.54. The predicted octanol–water partition coefficient (Wildman–Crippen LogP) is 3.50. The number of rotatable bonds is 5. The Balaban J connectivity index is 2.08. The predicted molar refractivity (Wildman–Crippen MR) is 87.2 cm³/mol. The van der Waals surface area contributed by atoms with Crippen LogP contribution >= 0.6 is 0 Å². The van der Waals surface area contributed by atoms with Gasteiger partial charge in [-0.15, -0.1) is 0 Å². The van der Waals surface area contributed by atoms with Crippen LogP contribution in [0.5, 0.6) is 0 Å². The number of nitrogens with zero attached hydrogens (tertiary/aromatic N) is 2. The summed E-state index contributed by atoms with van der Waals surface area (Å²) < 4.78 is 2.33. The molecule has 0 aliphatic heterocycles. The third kappa shape index (κ3) is 2.69. The molecule has 1 aromatic heterocycles. The van der Waals surface area contributed by atoms with E-state index < -0.39 is 0 Å². The third-order valence-electron chi connectivity index (χ3n) is 3.87. The lowest BCUT2D eigenvalue weighted by atomic mass is 10.1. The highest BCUT2D eigenvalue weighted by Crippen LogP contribution is 2.20. The molecule has 3 heteroatoms. The van der Waals surface area contributed by atoms with Crippen molar-refractivity contribution in [1.29, 1.82) is 0 Å². The summed E-state index contributed by atoms with van der Waals surface area (Å²) in [4.78, 5) is 4.79. The fourth-order valence-electron chi connectivity index (χ4n) is 2.80. The number of aromatic nitrogens is 2. The first-order valence-electron chi connectivity index (χ1n) is 7.54. The van der Waals surface area contributed by atoms with Gasteiger partial charge in [0.2, 0.25) is 0 Å². The van der Waals surface area contributed by atoms with E-state index in [9.17, 15) is 0 Å². The van der Waals surface area contributed by atoms with Gasteiger partial charge < -0.3 is 10.3 Å². The molecule has 0 radical (unpaired) electrons. The molecule has 0 fully saturated rings. The van der Waals surface area contributed by atoms with Gasteiger partial charge in [0.1, 0.15) is 5.82 Å². The second kappa shape index (κ2) is 6.10. The van der Waals surface area contributed by atoms with Crippen molar-refractivity contribution in [3.8, 4) is 0 Å². The summed E-state index contributed by atoms with van der Waals surface area (Å²) in [5.41, 5.74) is 10.6. The van der Waals surface area contributed by atoms with Gasteiger partial charge in [0.05, 0.1) is 11.0 Å². The van der Waals surface area contributed by atoms with Gasteiger partial charge in [-0.1, -0.05) is 43.3 Å². The molecule has 0 amide bonds. The van der Waals surface area contributed by atoms with E-state index in [-0.39, 0.29) is 0 Å². The monoisotopic (exact) mass is 279 g/mol. The molecule has 0 unspecified atom stereocenters. The minimum absolute atomic E-state index is 0.575. The number of para-hydroxylation sites is 2. The topological polar surface area (TPSA) is 43.8 Å². The molecule has 2 aromatic carbocycles. The zero-order valence-corrected chi connectivity index (χ0v) is 12.4. The van der Waals surface area contributed by atoms with Crippen LogP contribution in [-0.4, -0.2) is 9.55 Å². The lowest BCUT2D eigenvalue weighted by Crippen LogP contribution is -2.09. The Morgan fingerprint density at radius 2 is 1.71 bits per heavy atom. The van der Waals surface area contributed by atoms with E-state index in [0.29, 0.717) is 6.54 Å². The molecular formula is C18H21N3. The SMILES string of the molecule is CCCc1nc2ccccc2n1Cc1ccccc1CN. The number of aryl methyl sites for hydroxylation is 1. The number of hydrogen-bond acceptors (Lipinski definition) is 2. The van der Waals surface area contributed by atoms with Crippen LogP contribution in [0.3, 0.4) is 0 Å². The second-order valence-electron chi connectivity index (χ2n) is 5.33. The smallest absolute Gasteiger partial charge is 0.110 e. The highest BCUT2D eigenvalue weighted by molar-refractivity contribution is 5.76. The molecule has 21 heavy (non-hydrogen) atoms. The normalized spacial score (nSPS) is 11.1. The van der Waals surface area contributed by atoms with Crippen molar-refractivity contribution in [1.82, 2.24) is 9.55 Å². The van der Waals surface area contributed by atoms with Crippen LogP contribution in [0.15, 0.2) is 48.5 Å². The first-order chi connectivity index (χ1) is 10.3.